The topological polar surface area (TPSA) is 38.3 Å². The summed E-state index contributed by atoms with van der Waals surface area (Å²) in [5.41, 5.74) is 0.647. The average Bonchev–Trinajstić information content (AvgIpc) is 2.47. The summed E-state index contributed by atoms with van der Waals surface area (Å²) in [4.78, 5) is 12.0. The van der Waals surface area contributed by atoms with Gasteiger partial charge in [0.25, 0.3) is 0 Å². The molecule has 1 fully saturated rings. The van der Waals surface area contributed by atoms with Crippen molar-refractivity contribution in [2.45, 2.75) is 31.3 Å². The van der Waals surface area contributed by atoms with Crippen LogP contribution in [0.3, 0.4) is 0 Å². The molecular formula is C16H21NO2. The maximum absolute atomic E-state index is 12.0. The second-order valence-corrected chi connectivity index (χ2v) is 4.91. The van der Waals surface area contributed by atoms with Crippen molar-refractivity contribution in [3.8, 4) is 0 Å². The van der Waals surface area contributed by atoms with Gasteiger partial charge in [-0.05, 0) is 25.1 Å². The Morgan fingerprint density at radius 1 is 1.32 bits per heavy atom. The maximum Gasteiger partial charge on any atom is 0.306 e. The number of allylic oxidation sites excluding steroid dienone is 1. The van der Waals surface area contributed by atoms with Crippen molar-refractivity contribution in [3.63, 3.8) is 0 Å². The van der Waals surface area contributed by atoms with Gasteiger partial charge in [0, 0.05) is 19.3 Å². The van der Waals surface area contributed by atoms with Crippen LogP contribution in [0.5, 0.6) is 0 Å². The van der Waals surface area contributed by atoms with Crippen LogP contribution in [0.4, 0.5) is 0 Å². The van der Waals surface area contributed by atoms with E-state index in [0.717, 1.165) is 31.5 Å². The summed E-state index contributed by atoms with van der Waals surface area (Å²) >= 11 is 0. The molecule has 0 amide bonds. The second-order valence-electron chi connectivity index (χ2n) is 4.91. The SMILES string of the molecule is C=CCCC(=O)OC1(c2ccccc2)CCNCC1. The molecule has 1 heterocycles. The molecule has 0 unspecified atom stereocenters. The highest BCUT2D eigenvalue weighted by molar-refractivity contribution is 5.70. The molecule has 0 saturated carbocycles. The summed E-state index contributed by atoms with van der Waals surface area (Å²) in [6.07, 6.45) is 4.49. The molecule has 0 bridgehead atoms. The Morgan fingerprint density at radius 2 is 2.00 bits per heavy atom. The van der Waals surface area contributed by atoms with Crippen molar-refractivity contribution in [1.82, 2.24) is 5.32 Å². The first-order valence-corrected chi connectivity index (χ1v) is 6.86. The van der Waals surface area contributed by atoms with Crippen LogP contribution in [0.1, 0.15) is 31.2 Å². The number of rotatable bonds is 5. The van der Waals surface area contributed by atoms with Gasteiger partial charge in [0.05, 0.1) is 0 Å². The van der Waals surface area contributed by atoms with Crippen molar-refractivity contribution in [3.05, 3.63) is 48.6 Å². The summed E-state index contributed by atoms with van der Waals surface area (Å²) in [5.74, 6) is -0.134. The van der Waals surface area contributed by atoms with E-state index in [1.165, 1.54) is 0 Å². The lowest BCUT2D eigenvalue weighted by Crippen LogP contribution is -2.43. The fraction of sp³-hybridized carbons (Fsp3) is 0.438. The number of hydrogen-bond acceptors (Lipinski definition) is 3. The summed E-state index contributed by atoms with van der Waals surface area (Å²) in [6.45, 7) is 5.39. The number of esters is 1. The van der Waals surface area contributed by atoms with Crippen molar-refractivity contribution in [2.75, 3.05) is 13.1 Å². The monoisotopic (exact) mass is 259 g/mol. The summed E-state index contributed by atoms with van der Waals surface area (Å²) in [7, 11) is 0. The van der Waals surface area contributed by atoms with Crippen LogP contribution in [0.2, 0.25) is 0 Å². The van der Waals surface area contributed by atoms with Crippen molar-refractivity contribution in [1.29, 1.82) is 0 Å². The van der Waals surface area contributed by atoms with E-state index < -0.39 is 5.60 Å². The Bertz CT molecular complexity index is 422. The molecule has 19 heavy (non-hydrogen) atoms. The predicted octanol–water partition coefficient (Wildman–Crippen LogP) is 2.77. The molecule has 102 valence electrons. The summed E-state index contributed by atoms with van der Waals surface area (Å²) in [6, 6.07) is 10.1. The fourth-order valence-electron chi connectivity index (χ4n) is 2.51. The van der Waals surface area contributed by atoms with Gasteiger partial charge in [0.1, 0.15) is 5.60 Å². The molecule has 3 nitrogen and oxygen atoms in total. The third-order valence-electron chi connectivity index (χ3n) is 3.57. The smallest absolute Gasteiger partial charge is 0.306 e. The molecule has 1 N–H and O–H groups in total. The van der Waals surface area contributed by atoms with E-state index in [2.05, 4.69) is 11.9 Å². The molecule has 1 saturated heterocycles. The van der Waals surface area contributed by atoms with Crippen LogP contribution in [0, 0.1) is 0 Å². The number of piperidine rings is 1. The second kappa shape index (κ2) is 6.53. The molecule has 3 heteroatoms. The van der Waals surface area contributed by atoms with Crippen LogP contribution in [-0.4, -0.2) is 19.1 Å². The largest absolute Gasteiger partial charge is 0.454 e. The summed E-state index contributed by atoms with van der Waals surface area (Å²) < 4.78 is 5.84. The minimum absolute atomic E-state index is 0.134. The van der Waals surface area contributed by atoms with E-state index in [-0.39, 0.29) is 5.97 Å². The Morgan fingerprint density at radius 3 is 2.63 bits per heavy atom. The first-order valence-electron chi connectivity index (χ1n) is 6.86. The molecule has 1 aliphatic rings. The van der Waals surface area contributed by atoms with Crippen molar-refractivity contribution >= 4 is 5.97 Å². The van der Waals surface area contributed by atoms with Gasteiger partial charge >= 0.3 is 5.97 Å². The van der Waals surface area contributed by atoms with E-state index in [1.54, 1.807) is 6.08 Å². The first-order chi connectivity index (χ1) is 9.27. The van der Waals surface area contributed by atoms with Crippen molar-refractivity contribution < 1.29 is 9.53 Å². The Kier molecular flexibility index (Phi) is 4.74. The molecule has 0 atom stereocenters. The van der Waals surface area contributed by atoms with Gasteiger partial charge in [-0.2, -0.15) is 0 Å². The highest BCUT2D eigenvalue weighted by atomic mass is 16.6. The number of carbonyl (C=O) groups excluding carboxylic acids is 1. The maximum atomic E-state index is 12.0. The van der Waals surface area contributed by atoms with Crippen LogP contribution >= 0.6 is 0 Å². The number of carbonyl (C=O) groups is 1. The van der Waals surface area contributed by atoms with Crippen LogP contribution in [-0.2, 0) is 15.1 Å². The lowest BCUT2D eigenvalue weighted by Gasteiger charge is -2.37. The van der Waals surface area contributed by atoms with E-state index in [4.69, 9.17) is 4.74 Å². The highest BCUT2D eigenvalue weighted by Crippen LogP contribution is 2.35. The number of ether oxygens (including phenoxy) is 1. The van der Waals surface area contributed by atoms with Crippen molar-refractivity contribution in [2.24, 2.45) is 0 Å². The van der Waals surface area contributed by atoms with Gasteiger partial charge < -0.3 is 10.1 Å². The summed E-state index contributed by atoms with van der Waals surface area (Å²) in [5, 5.41) is 3.32. The van der Waals surface area contributed by atoms with Gasteiger partial charge in [0.2, 0.25) is 0 Å². The lowest BCUT2D eigenvalue weighted by molar-refractivity contribution is -0.164. The normalized spacial score (nSPS) is 17.7. The Hall–Kier alpha value is -1.61. The minimum atomic E-state index is -0.454. The average molecular weight is 259 g/mol. The number of benzene rings is 1. The lowest BCUT2D eigenvalue weighted by atomic mass is 9.84. The quantitative estimate of drug-likeness (QED) is 0.652. The molecular weight excluding hydrogens is 238 g/mol. The molecule has 0 radical (unpaired) electrons. The first kappa shape index (κ1) is 13.8. The van der Waals surface area contributed by atoms with Crippen LogP contribution < -0.4 is 5.32 Å². The van der Waals surface area contributed by atoms with Gasteiger partial charge in [-0.1, -0.05) is 36.4 Å². The highest BCUT2D eigenvalue weighted by Gasteiger charge is 2.37. The molecule has 0 aliphatic carbocycles. The van der Waals surface area contributed by atoms with Gasteiger partial charge in [-0.15, -0.1) is 6.58 Å². The Labute approximate surface area is 114 Å². The van der Waals surface area contributed by atoms with E-state index in [0.29, 0.717) is 12.8 Å². The van der Waals surface area contributed by atoms with E-state index >= 15 is 0 Å². The Balaban J connectivity index is 2.15. The minimum Gasteiger partial charge on any atom is -0.454 e. The third-order valence-corrected chi connectivity index (χ3v) is 3.57. The molecule has 1 aliphatic heterocycles. The van der Waals surface area contributed by atoms with Gasteiger partial charge in [-0.3, -0.25) is 4.79 Å². The fourth-order valence-corrected chi connectivity index (χ4v) is 2.51. The van der Waals surface area contributed by atoms with E-state index in [1.807, 2.05) is 30.3 Å². The number of nitrogens with one attached hydrogen (secondary N) is 1. The van der Waals surface area contributed by atoms with E-state index in [9.17, 15) is 4.79 Å². The predicted molar refractivity (Wildman–Crippen MR) is 75.7 cm³/mol. The van der Waals surface area contributed by atoms with Gasteiger partial charge in [-0.25, -0.2) is 0 Å². The zero-order chi connectivity index (χ0) is 13.6. The molecule has 2 rings (SSSR count). The molecule has 0 spiro atoms. The third kappa shape index (κ3) is 3.44. The molecule has 1 aromatic carbocycles. The molecule has 0 aromatic heterocycles. The van der Waals surface area contributed by atoms with Crippen LogP contribution in [0.25, 0.3) is 0 Å². The van der Waals surface area contributed by atoms with Gasteiger partial charge in [0.15, 0.2) is 0 Å². The molecule has 1 aromatic rings. The zero-order valence-corrected chi connectivity index (χ0v) is 11.2. The standard InChI is InChI=1S/C16H21NO2/c1-2-3-9-15(18)19-16(10-12-17-13-11-16)14-7-5-4-6-8-14/h2,4-8,17H,1,3,9-13H2. The number of hydrogen-bond donors (Lipinski definition) is 1. The zero-order valence-electron chi connectivity index (χ0n) is 11.2. The van der Waals surface area contributed by atoms with Crippen LogP contribution in [0.15, 0.2) is 43.0 Å².